The van der Waals surface area contributed by atoms with E-state index in [2.05, 4.69) is 29.4 Å². The number of hydrogen-bond acceptors (Lipinski definition) is 6. The van der Waals surface area contributed by atoms with Gasteiger partial charge in [0, 0.05) is 27.5 Å². The molecule has 0 amide bonds. The summed E-state index contributed by atoms with van der Waals surface area (Å²) in [4.78, 5) is 22.5. The van der Waals surface area contributed by atoms with E-state index in [1.165, 1.54) is 19.8 Å². The first-order valence-electron chi connectivity index (χ1n) is 9.61. The summed E-state index contributed by atoms with van der Waals surface area (Å²) < 4.78 is 4.80. The van der Waals surface area contributed by atoms with Crippen molar-refractivity contribution in [1.82, 2.24) is 0 Å². The van der Waals surface area contributed by atoms with E-state index >= 15 is 0 Å². The van der Waals surface area contributed by atoms with Gasteiger partial charge in [-0.3, -0.25) is 0 Å². The van der Waals surface area contributed by atoms with Gasteiger partial charge in [-0.1, -0.05) is 65.2 Å². The second-order valence-electron chi connectivity index (χ2n) is 7.46. The first-order valence-corrected chi connectivity index (χ1v) is 9.98. The van der Waals surface area contributed by atoms with Gasteiger partial charge >= 0.3 is 5.97 Å². The molecular formula is C23H25ClN2O4. The fraction of sp³-hybridized carbons (Fsp3) is 0.348. The van der Waals surface area contributed by atoms with Crippen LogP contribution < -0.4 is 0 Å². The van der Waals surface area contributed by atoms with Crippen molar-refractivity contribution in [2.75, 3.05) is 14.2 Å². The Morgan fingerprint density at radius 2 is 1.83 bits per heavy atom. The van der Waals surface area contributed by atoms with Gasteiger partial charge < -0.3 is 14.4 Å². The highest BCUT2D eigenvalue weighted by atomic mass is 35.5. The van der Waals surface area contributed by atoms with E-state index in [0.717, 1.165) is 22.7 Å². The van der Waals surface area contributed by atoms with Crippen molar-refractivity contribution >= 4 is 29.0 Å². The molecule has 0 heterocycles. The second-order valence-corrected chi connectivity index (χ2v) is 7.89. The molecule has 2 aromatic rings. The summed E-state index contributed by atoms with van der Waals surface area (Å²) in [5, 5.41) is 8.87. The van der Waals surface area contributed by atoms with Crippen LogP contribution in [0.2, 0.25) is 5.02 Å². The molecule has 2 aromatic carbocycles. The normalized spacial score (nSPS) is 21.2. The Morgan fingerprint density at radius 3 is 2.50 bits per heavy atom. The van der Waals surface area contributed by atoms with Crippen LogP contribution in [0.3, 0.4) is 0 Å². The lowest BCUT2D eigenvalue weighted by molar-refractivity contribution is -0.132. The molecule has 7 heteroatoms. The third-order valence-electron chi connectivity index (χ3n) is 5.51. The minimum Gasteiger partial charge on any atom is -0.464 e. The zero-order valence-electron chi connectivity index (χ0n) is 17.5. The van der Waals surface area contributed by atoms with Gasteiger partial charge in [0.15, 0.2) is 5.71 Å². The molecule has 0 aromatic heterocycles. The van der Waals surface area contributed by atoms with Crippen LogP contribution in [-0.2, 0) is 31.2 Å². The van der Waals surface area contributed by atoms with Crippen LogP contribution in [0, 0.1) is 5.92 Å². The molecule has 0 spiro atoms. The van der Waals surface area contributed by atoms with Crippen molar-refractivity contribution in [3.8, 4) is 0 Å². The molecule has 0 N–H and O–H groups in total. The number of benzene rings is 2. The molecule has 1 aliphatic rings. The SMILES string of the molecule is CO/N=C(/C(=O)OC)c1ccccc1CO/N=C(\C)C1CC1(C)c1ccc(Cl)cc1. The van der Waals surface area contributed by atoms with E-state index in [0.29, 0.717) is 11.5 Å². The Kier molecular flexibility index (Phi) is 6.77. The maximum absolute atomic E-state index is 12.1. The fourth-order valence-electron chi connectivity index (χ4n) is 3.65. The molecule has 2 atom stereocenters. The number of nitrogens with zero attached hydrogens (tertiary/aromatic N) is 2. The third kappa shape index (κ3) is 4.65. The second kappa shape index (κ2) is 9.30. The van der Waals surface area contributed by atoms with Crippen molar-refractivity contribution in [1.29, 1.82) is 0 Å². The Morgan fingerprint density at radius 1 is 1.13 bits per heavy atom. The highest BCUT2D eigenvalue weighted by Gasteiger charge is 2.53. The number of esters is 1. The summed E-state index contributed by atoms with van der Waals surface area (Å²) >= 11 is 6.00. The molecule has 1 fully saturated rings. The lowest BCUT2D eigenvalue weighted by atomic mass is 9.94. The molecule has 0 bridgehead atoms. The van der Waals surface area contributed by atoms with E-state index < -0.39 is 5.97 Å². The molecule has 0 saturated heterocycles. The zero-order chi connectivity index (χ0) is 21.7. The lowest BCUT2D eigenvalue weighted by Gasteiger charge is -2.12. The first-order chi connectivity index (χ1) is 14.4. The number of oxime groups is 2. The standard InChI is InChI=1S/C23H25ClN2O4/c1-15(20-13-23(20,2)17-9-11-18(24)12-10-17)25-30-14-16-7-5-6-8-19(16)21(26-29-4)22(27)28-3/h5-12,20H,13-14H2,1-4H3/b25-15+,26-21+. The van der Waals surface area contributed by atoms with Crippen LogP contribution >= 0.6 is 11.6 Å². The van der Waals surface area contributed by atoms with Crippen molar-refractivity contribution in [3.63, 3.8) is 0 Å². The van der Waals surface area contributed by atoms with E-state index in [1.54, 1.807) is 6.07 Å². The molecule has 6 nitrogen and oxygen atoms in total. The zero-order valence-corrected chi connectivity index (χ0v) is 18.3. The summed E-state index contributed by atoms with van der Waals surface area (Å²) in [6.07, 6.45) is 1.01. The molecule has 30 heavy (non-hydrogen) atoms. The van der Waals surface area contributed by atoms with Crippen LogP contribution in [0.15, 0.2) is 58.8 Å². The van der Waals surface area contributed by atoms with Gasteiger partial charge in [-0.25, -0.2) is 4.79 Å². The number of rotatable bonds is 8. The number of halogens is 1. The minimum absolute atomic E-state index is 0.0443. The van der Waals surface area contributed by atoms with Crippen LogP contribution in [-0.4, -0.2) is 31.6 Å². The number of carbonyl (C=O) groups is 1. The molecule has 3 rings (SSSR count). The van der Waals surface area contributed by atoms with Gasteiger partial charge in [0.05, 0.1) is 12.8 Å². The van der Waals surface area contributed by atoms with E-state index in [4.69, 9.17) is 26.0 Å². The predicted molar refractivity (Wildman–Crippen MR) is 117 cm³/mol. The summed E-state index contributed by atoms with van der Waals surface area (Å²) in [6.45, 7) is 4.39. The Hall–Kier alpha value is -2.86. The number of hydrogen-bond donors (Lipinski definition) is 0. The third-order valence-corrected chi connectivity index (χ3v) is 5.76. The predicted octanol–water partition coefficient (Wildman–Crippen LogP) is 4.73. The smallest absolute Gasteiger partial charge is 0.360 e. The summed E-state index contributed by atoms with van der Waals surface area (Å²) in [5.41, 5.74) is 3.64. The van der Waals surface area contributed by atoms with Gasteiger partial charge in [-0.15, -0.1) is 0 Å². The average Bonchev–Trinajstić information content (AvgIpc) is 3.45. The van der Waals surface area contributed by atoms with Crippen LogP contribution in [0.5, 0.6) is 0 Å². The molecule has 1 saturated carbocycles. The maximum atomic E-state index is 12.1. The average molecular weight is 429 g/mol. The van der Waals surface area contributed by atoms with E-state index in [9.17, 15) is 4.79 Å². The fourth-order valence-corrected chi connectivity index (χ4v) is 3.78. The van der Waals surface area contributed by atoms with Crippen LogP contribution in [0.4, 0.5) is 0 Å². The summed E-state index contributed by atoms with van der Waals surface area (Å²) in [6, 6.07) is 15.2. The van der Waals surface area contributed by atoms with Crippen molar-refractivity contribution < 1.29 is 19.2 Å². The number of ether oxygens (including phenoxy) is 1. The molecule has 2 unspecified atom stereocenters. The van der Waals surface area contributed by atoms with Gasteiger partial charge in [0.1, 0.15) is 13.7 Å². The molecule has 158 valence electrons. The van der Waals surface area contributed by atoms with E-state index in [1.807, 2.05) is 37.3 Å². The monoisotopic (exact) mass is 428 g/mol. The highest BCUT2D eigenvalue weighted by molar-refractivity contribution is 6.43. The molecule has 1 aliphatic carbocycles. The van der Waals surface area contributed by atoms with Gasteiger partial charge in [-0.05, 0) is 31.0 Å². The van der Waals surface area contributed by atoms with Crippen LogP contribution in [0.1, 0.15) is 37.0 Å². The Labute approximate surface area is 181 Å². The lowest BCUT2D eigenvalue weighted by Crippen LogP contribution is -2.19. The molecule has 0 aliphatic heterocycles. The summed E-state index contributed by atoms with van der Waals surface area (Å²) in [7, 11) is 2.68. The van der Waals surface area contributed by atoms with Gasteiger partial charge in [0.25, 0.3) is 0 Å². The topological polar surface area (TPSA) is 69.5 Å². The summed E-state index contributed by atoms with van der Waals surface area (Å²) in [5.74, 6) is -0.268. The van der Waals surface area contributed by atoms with Crippen molar-refractivity contribution in [3.05, 3.63) is 70.2 Å². The maximum Gasteiger partial charge on any atom is 0.360 e. The van der Waals surface area contributed by atoms with Crippen molar-refractivity contribution in [2.45, 2.75) is 32.3 Å². The van der Waals surface area contributed by atoms with Crippen molar-refractivity contribution in [2.24, 2.45) is 16.2 Å². The first kappa shape index (κ1) is 21.8. The number of carbonyl (C=O) groups excluding carboxylic acids is 1. The quantitative estimate of drug-likeness (QED) is 0.346. The van der Waals surface area contributed by atoms with E-state index in [-0.39, 0.29) is 17.7 Å². The molecular weight excluding hydrogens is 404 g/mol. The largest absolute Gasteiger partial charge is 0.464 e. The minimum atomic E-state index is -0.583. The van der Waals surface area contributed by atoms with Crippen LogP contribution in [0.25, 0.3) is 0 Å². The highest BCUT2D eigenvalue weighted by Crippen LogP contribution is 2.54. The molecule has 0 radical (unpaired) electrons. The Balaban J connectivity index is 1.70. The number of methoxy groups -OCH3 is 1. The Bertz CT molecular complexity index is 971. The van der Waals surface area contributed by atoms with Gasteiger partial charge in [0.2, 0.25) is 0 Å². The van der Waals surface area contributed by atoms with Gasteiger partial charge in [-0.2, -0.15) is 0 Å².